The topological polar surface area (TPSA) is 59.1 Å². The van der Waals surface area contributed by atoms with Gasteiger partial charge in [-0.25, -0.2) is 13.4 Å². The standard InChI is InChI=1S/C13H14N2O2S/c1-10-5-7-12(8-6-10)18(16,17)15-13-11(2)4-3-9-14-13/h3-9H,1-2H3,(H,14,15). The normalized spacial score (nSPS) is 11.2. The number of hydrogen-bond donors (Lipinski definition) is 1. The Morgan fingerprint density at radius 3 is 2.33 bits per heavy atom. The van der Waals surface area contributed by atoms with Crippen LogP contribution >= 0.6 is 0 Å². The number of rotatable bonds is 3. The van der Waals surface area contributed by atoms with Gasteiger partial charge in [0.15, 0.2) is 0 Å². The van der Waals surface area contributed by atoms with Crippen molar-refractivity contribution in [2.24, 2.45) is 0 Å². The summed E-state index contributed by atoms with van der Waals surface area (Å²) in [5.74, 6) is 0.359. The molecule has 2 rings (SSSR count). The zero-order valence-electron chi connectivity index (χ0n) is 10.2. The van der Waals surface area contributed by atoms with Crippen LogP contribution in [0.1, 0.15) is 11.1 Å². The van der Waals surface area contributed by atoms with Crippen LogP contribution in [0.15, 0.2) is 47.5 Å². The Morgan fingerprint density at radius 2 is 1.72 bits per heavy atom. The van der Waals surface area contributed by atoms with Crippen molar-refractivity contribution in [1.29, 1.82) is 0 Å². The predicted octanol–water partition coefficient (Wildman–Crippen LogP) is 2.50. The van der Waals surface area contributed by atoms with Crippen molar-refractivity contribution in [2.75, 3.05) is 4.72 Å². The van der Waals surface area contributed by atoms with Gasteiger partial charge in [-0.1, -0.05) is 23.8 Å². The molecule has 0 aliphatic carbocycles. The van der Waals surface area contributed by atoms with E-state index >= 15 is 0 Å². The first-order chi connectivity index (χ1) is 8.49. The molecule has 0 atom stereocenters. The van der Waals surface area contributed by atoms with Gasteiger partial charge in [-0.05, 0) is 37.6 Å². The number of hydrogen-bond acceptors (Lipinski definition) is 3. The molecule has 0 saturated heterocycles. The van der Waals surface area contributed by atoms with Crippen molar-refractivity contribution in [2.45, 2.75) is 18.7 Å². The maximum atomic E-state index is 12.1. The van der Waals surface area contributed by atoms with Crippen molar-refractivity contribution in [3.05, 3.63) is 53.7 Å². The number of sulfonamides is 1. The van der Waals surface area contributed by atoms with Crippen LogP contribution in [0, 0.1) is 13.8 Å². The third kappa shape index (κ3) is 2.68. The van der Waals surface area contributed by atoms with Crippen LogP contribution in [0.2, 0.25) is 0 Å². The number of anilines is 1. The lowest BCUT2D eigenvalue weighted by Crippen LogP contribution is -2.14. The van der Waals surface area contributed by atoms with Gasteiger partial charge in [0.05, 0.1) is 4.90 Å². The Balaban J connectivity index is 2.33. The van der Waals surface area contributed by atoms with Crippen molar-refractivity contribution >= 4 is 15.8 Å². The minimum absolute atomic E-state index is 0.234. The first-order valence-corrected chi connectivity index (χ1v) is 6.98. The largest absolute Gasteiger partial charge is 0.263 e. The number of pyridine rings is 1. The van der Waals surface area contributed by atoms with Crippen molar-refractivity contribution in [3.63, 3.8) is 0 Å². The lowest BCUT2D eigenvalue weighted by atomic mass is 10.2. The van der Waals surface area contributed by atoms with E-state index in [1.807, 2.05) is 6.92 Å². The number of aryl methyl sites for hydroxylation is 2. The molecule has 0 bridgehead atoms. The fraction of sp³-hybridized carbons (Fsp3) is 0.154. The van der Waals surface area contributed by atoms with E-state index in [4.69, 9.17) is 0 Å². The predicted molar refractivity (Wildman–Crippen MR) is 71.0 cm³/mol. The van der Waals surface area contributed by atoms with Gasteiger partial charge in [0.25, 0.3) is 10.0 Å². The molecule has 1 aromatic heterocycles. The molecule has 2 aromatic rings. The molecule has 0 aliphatic heterocycles. The lowest BCUT2D eigenvalue weighted by Gasteiger charge is -2.09. The Bertz CT molecular complexity index is 649. The van der Waals surface area contributed by atoms with Gasteiger partial charge in [0.1, 0.15) is 5.82 Å². The van der Waals surface area contributed by atoms with Crippen LogP contribution in [-0.4, -0.2) is 13.4 Å². The van der Waals surface area contributed by atoms with E-state index < -0.39 is 10.0 Å². The van der Waals surface area contributed by atoms with E-state index in [1.54, 1.807) is 49.5 Å². The van der Waals surface area contributed by atoms with Crippen LogP contribution in [0.3, 0.4) is 0 Å². The fourth-order valence-corrected chi connectivity index (χ4v) is 2.58. The molecule has 0 saturated carbocycles. The van der Waals surface area contributed by atoms with Crippen LogP contribution < -0.4 is 4.72 Å². The molecule has 0 fully saturated rings. The Kier molecular flexibility index (Phi) is 3.34. The van der Waals surface area contributed by atoms with Crippen molar-refractivity contribution in [1.82, 2.24) is 4.98 Å². The SMILES string of the molecule is Cc1ccc(S(=O)(=O)Nc2ncccc2C)cc1. The number of aromatic nitrogens is 1. The molecular weight excluding hydrogens is 248 g/mol. The first-order valence-electron chi connectivity index (χ1n) is 5.50. The second kappa shape index (κ2) is 4.78. The highest BCUT2D eigenvalue weighted by molar-refractivity contribution is 7.92. The lowest BCUT2D eigenvalue weighted by molar-refractivity contribution is 0.601. The number of nitrogens with one attached hydrogen (secondary N) is 1. The molecule has 0 amide bonds. The monoisotopic (exact) mass is 262 g/mol. The number of benzene rings is 1. The molecule has 0 aliphatic rings. The maximum Gasteiger partial charge on any atom is 0.263 e. The van der Waals surface area contributed by atoms with Crippen LogP contribution in [-0.2, 0) is 10.0 Å². The molecule has 0 unspecified atom stereocenters. The molecule has 1 N–H and O–H groups in total. The molecule has 0 radical (unpaired) electrons. The molecule has 94 valence electrons. The molecule has 4 nitrogen and oxygen atoms in total. The summed E-state index contributed by atoms with van der Waals surface area (Å²) in [5, 5.41) is 0. The summed E-state index contributed by atoms with van der Waals surface area (Å²) < 4.78 is 26.7. The summed E-state index contributed by atoms with van der Waals surface area (Å²) >= 11 is 0. The zero-order valence-corrected chi connectivity index (χ0v) is 11.0. The fourth-order valence-electron chi connectivity index (χ4n) is 1.50. The third-order valence-electron chi connectivity index (χ3n) is 2.57. The molecule has 1 aromatic carbocycles. The van der Waals surface area contributed by atoms with Gasteiger partial charge in [-0.15, -0.1) is 0 Å². The van der Waals surface area contributed by atoms with Gasteiger partial charge in [-0.3, -0.25) is 4.72 Å². The minimum atomic E-state index is -3.57. The summed E-state index contributed by atoms with van der Waals surface area (Å²) in [4.78, 5) is 4.25. The Labute approximate surface area is 107 Å². The highest BCUT2D eigenvalue weighted by Crippen LogP contribution is 2.17. The van der Waals surface area contributed by atoms with Crippen LogP contribution in [0.5, 0.6) is 0 Å². The second-order valence-electron chi connectivity index (χ2n) is 4.09. The van der Waals surface area contributed by atoms with Gasteiger partial charge < -0.3 is 0 Å². The highest BCUT2D eigenvalue weighted by Gasteiger charge is 2.15. The maximum absolute atomic E-state index is 12.1. The van der Waals surface area contributed by atoms with E-state index in [1.165, 1.54) is 0 Å². The van der Waals surface area contributed by atoms with E-state index in [0.29, 0.717) is 5.82 Å². The van der Waals surface area contributed by atoms with Crippen LogP contribution in [0.25, 0.3) is 0 Å². The van der Waals surface area contributed by atoms with Gasteiger partial charge in [0.2, 0.25) is 0 Å². The molecule has 1 heterocycles. The summed E-state index contributed by atoms with van der Waals surface area (Å²) in [6, 6.07) is 10.3. The highest BCUT2D eigenvalue weighted by atomic mass is 32.2. The minimum Gasteiger partial charge on any atom is -0.263 e. The van der Waals surface area contributed by atoms with Crippen molar-refractivity contribution < 1.29 is 8.42 Å². The van der Waals surface area contributed by atoms with E-state index in [-0.39, 0.29) is 4.90 Å². The van der Waals surface area contributed by atoms with Gasteiger partial charge in [-0.2, -0.15) is 0 Å². The van der Waals surface area contributed by atoms with E-state index in [0.717, 1.165) is 11.1 Å². The molecule has 5 heteroatoms. The summed E-state index contributed by atoms with van der Waals surface area (Å²) in [6.45, 7) is 3.72. The average Bonchev–Trinajstić information content (AvgIpc) is 2.32. The van der Waals surface area contributed by atoms with Gasteiger partial charge >= 0.3 is 0 Å². The quantitative estimate of drug-likeness (QED) is 0.924. The summed E-state index contributed by atoms with van der Waals surface area (Å²) in [5.41, 5.74) is 1.80. The molecule has 0 spiro atoms. The average molecular weight is 262 g/mol. The van der Waals surface area contributed by atoms with Crippen molar-refractivity contribution in [3.8, 4) is 0 Å². The summed E-state index contributed by atoms with van der Waals surface area (Å²) in [7, 11) is -3.57. The summed E-state index contributed by atoms with van der Waals surface area (Å²) in [6.07, 6.45) is 1.56. The zero-order chi connectivity index (χ0) is 13.2. The third-order valence-corrected chi connectivity index (χ3v) is 3.93. The van der Waals surface area contributed by atoms with Gasteiger partial charge in [0, 0.05) is 6.20 Å². The second-order valence-corrected chi connectivity index (χ2v) is 5.77. The Hall–Kier alpha value is -1.88. The smallest absolute Gasteiger partial charge is 0.263 e. The van der Waals surface area contributed by atoms with Crippen LogP contribution in [0.4, 0.5) is 5.82 Å². The molecule has 18 heavy (non-hydrogen) atoms. The molecular formula is C13H14N2O2S. The van der Waals surface area contributed by atoms with E-state index in [2.05, 4.69) is 9.71 Å². The first kappa shape index (κ1) is 12.6. The Morgan fingerprint density at radius 1 is 1.06 bits per heavy atom. The number of nitrogens with zero attached hydrogens (tertiary/aromatic N) is 1. The van der Waals surface area contributed by atoms with E-state index in [9.17, 15) is 8.42 Å².